The molecule has 0 saturated carbocycles. The topological polar surface area (TPSA) is 158 Å². The van der Waals surface area contributed by atoms with E-state index in [9.17, 15) is 25.5 Å². The van der Waals surface area contributed by atoms with Crippen LogP contribution in [0.25, 0.3) is 0 Å². The molecule has 3 rings (SSSR count). The first-order valence-corrected chi connectivity index (χ1v) is 9.48. The summed E-state index contributed by atoms with van der Waals surface area (Å²) in [5.74, 6) is 0. The molecule has 0 spiro atoms. The summed E-state index contributed by atoms with van der Waals surface area (Å²) in [7, 11) is 0. The van der Waals surface area contributed by atoms with Gasteiger partial charge in [-0.3, -0.25) is 0 Å². The van der Waals surface area contributed by atoms with Gasteiger partial charge in [0, 0.05) is 0 Å². The van der Waals surface area contributed by atoms with Crippen LogP contribution in [0.1, 0.15) is 5.56 Å². The zero-order valence-electron chi connectivity index (χ0n) is 15.7. The van der Waals surface area contributed by atoms with Crippen molar-refractivity contribution in [1.29, 1.82) is 0 Å². The van der Waals surface area contributed by atoms with Crippen molar-refractivity contribution in [2.75, 3.05) is 19.8 Å². The van der Waals surface area contributed by atoms with Crippen LogP contribution in [0.2, 0.25) is 0 Å². The van der Waals surface area contributed by atoms with Gasteiger partial charge in [0.25, 0.3) is 0 Å². The van der Waals surface area contributed by atoms with Crippen LogP contribution in [0.3, 0.4) is 0 Å². The number of aliphatic hydroxyl groups excluding tert-OH is 6. The lowest BCUT2D eigenvalue weighted by molar-refractivity contribution is -0.337. The lowest BCUT2D eigenvalue weighted by atomic mass is 9.97. The van der Waals surface area contributed by atoms with Gasteiger partial charge in [-0.15, -0.1) is 0 Å². The predicted octanol–water partition coefficient (Wildman–Crippen LogP) is -2.49. The Labute approximate surface area is 167 Å². The molecule has 1 aromatic carbocycles. The highest BCUT2D eigenvalue weighted by Crippen LogP contribution is 2.28. The number of benzene rings is 1. The Morgan fingerprint density at radius 2 is 1.55 bits per heavy atom. The van der Waals surface area contributed by atoms with E-state index in [2.05, 4.69) is 0 Å². The van der Waals surface area contributed by atoms with Crippen molar-refractivity contribution in [3.8, 4) is 0 Å². The Bertz CT molecular complexity index is 616. The molecule has 0 radical (unpaired) electrons. The maximum Gasteiger partial charge on any atom is 0.187 e. The molecule has 0 bridgehead atoms. The van der Waals surface area contributed by atoms with Crippen molar-refractivity contribution in [2.24, 2.45) is 0 Å². The molecular weight excluding hydrogens is 388 g/mol. The molecule has 2 heterocycles. The van der Waals surface area contributed by atoms with Crippen LogP contribution in [-0.4, -0.2) is 106 Å². The third-order valence-corrected chi connectivity index (χ3v) is 5.18. The molecule has 0 aliphatic carbocycles. The molecule has 2 aliphatic heterocycles. The Kier molecular flexibility index (Phi) is 7.93. The highest BCUT2D eigenvalue weighted by Gasteiger charge is 2.48. The molecule has 0 unspecified atom stereocenters. The van der Waals surface area contributed by atoms with Crippen LogP contribution in [0.15, 0.2) is 30.3 Å². The second-order valence-electron chi connectivity index (χ2n) is 7.18. The van der Waals surface area contributed by atoms with Gasteiger partial charge in [0.05, 0.1) is 26.4 Å². The number of ether oxygens (including phenoxy) is 4. The van der Waals surface area contributed by atoms with Crippen LogP contribution in [0.5, 0.6) is 0 Å². The maximum absolute atomic E-state index is 10.6. The first-order valence-electron chi connectivity index (χ1n) is 9.48. The van der Waals surface area contributed by atoms with E-state index in [0.717, 1.165) is 5.56 Å². The van der Waals surface area contributed by atoms with Crippen molar-refractivity contribution >= 4 is 0 Å². The third kappa shape index (κ3) is 5.12. The predicted molar refractivity (Wildman–Crippen MR) is 96.5 cm³/mol. The van der Waals surface area contributed by atoms with Gasteiger partial charge in [-0.1, -0.05) is 30.3 Å². The van der Waals surface area contributed by atoms with Crippen LogP contribution in [-0.2, 0) is 25.6 Å². The molecule has 10 nitrogen and oxygen atoms in total. The zero-order chi connectivity index (χ0) is 21.0. The summed E-state index contributed by atoms with van der Waals surface area (Å²) < 4.78 is 22.0. The molecule has 0 aromatic heterocycles. The highest BCUT2D eigenvalue weighted by atomic mass is 16.7. The highest BCUT2D eigenvalue weighted by molar-refractivity contribution is 5.13. The molecule has 10 heteroatoms. The van der Waals surface area contributed by atoms with E-state index in [0.29, 0.717) is 0 Å². The maximum atomic E-state index is 10.6. The summed E-state index contributed by atoms with van der Waals surface area (Å²) in [5, 5.41) is 59.9. The van der Waals surface area contributed by atoms with Gasteiger partial charge in [0.2, 0.25) is 0 Å². The van der Waals surface area contributed by atoms with Gasteiger partial charge in [-0.05, 0) is 5.56 Å². The molecule has 0 amide bonds. The van der Waals surface area contributed by atoms with Crippen LogP contribution >= 0.6 is 0 Å². The van der Waals surface area contributed by atoms with Gasteiger partial charge in [-0.25, -0.2) is 0 Å². The van der Waals surface area contributed by atoms with Crippen molar-refractivity contribution in [2.45, 2.75) is 61.7 Å². The van der Waals surface area contributed by atoms with Crippen molar-refractivity contribution < 1.29 is 49.6 Å². The van der Waals surface area contributed by atoms with Gasteiger partial charge in [-0.2, -0.15) is 0 Å². The summed E-state index contributed by atoms with van der Waals surface area (Å²) in [5.41, 5.74) is 0.825. The molecule has 2 saturated heterocycles. The fraction of sp³-hybridized carbons (Fsp3) is 0.684. The van der Waals surface area contributed by atoms with E-state index < -0.39 is 68.3 Å². The summed E-state index contributed by atoms with van der Waals surface area (Å²) in [6.45, 7) is -1.06. The fourth-order valence-electron chi connectivity index (χ4n) is 3.44. The lowest BCUT2D eigenvalue weighted by Crippen LogP contribution is -2.63. The molecule has 9 atom stereocenters. The quantitative estimate of drug-likeness (QED) is 0.281. The van der Waals surface area contributed by atoms with E-state index in [1.165, 1.54) is 0 Å². The molecule has 6 N–H and O–H groups in total. The smallest absolute Gasteiger partial charge is 0.187 e. The van der Waals surface area contributed by atoms with E-state index >= 15 is 0 Å². The Hall–Kier alpha value is -1.18. The number of hydrogen-bond donors (Lipinski definition) is 6. The van der Waals surface area contributed by atoms with Gasteiger partial charge in [0.15, 0.2) is 6.29 Å². The van der Waals surface area contributed by atoms with Crippen molar-refractivity contribution in [1.82, 2.24) is 0 Å². The average molecular weight is 416 g/mol. The summed E-state index contributed by atoms with van der Waals surface area (Å²) >= 11 is 0. The molecule has 2 aliphatic rings. The van der Waals surface area contributed by atoms with E-state index in [1.807, 2.05) is 30.3 Å². The molecule has 164 valence electrons. The summed E-state index contributed by atoms with van der Waals surface area (Å²) in [6.07, 6.45) is -11.1. The van der Waals surface area contributed by atoms with E-state index in [1.54, 1.807) is 0 Å². The second-order valence-corrected chi connectivity index (χ2v) is 7.18. The second kappa shape index (κ2) is 10.2. The minimum absolute atomic E-state index is 0.108. The van der Waals surface area contributed by atoms with E-state index in [-0.39, 0.29) is 13.2 Å². The first kappa shape index (κ1) is 22.5. The Morgan fingerprint density at radius 3 is 2.21 bits per heavy atom. The standard InChI is InChI=1S/C19H28O10/c20-6-11-14(22)15(23)13(9-26-11)29-19-17(25)18(16(24)12(7-21)28-19)27-8-10-4-2-1-3-5-10/h1-5,11-25H,6-9H2/t11-,12+,13-,14-,15-,16-,17+,18+,19+/m1/s1. The van der Waals surface area contributed by atoms with Crippen LogP contribution in [0.4, 0.5) is 0 Å². The Balaban J connectivity index is 1.66. The zero-order valence-corrected chi connectivity index (χ0v) is 15.7. The molecule has 1 aromatic rings. The van der Waals surface area contributed by atoms with Crippen molar-refractivity contribution in [3.05, 3.63) is 35.9 Å². The SMILES string of the molecule is OC[C@@H]1O[C@@H](O[C@@H]2CO[C@H](CO)[C@@H](O)[C@@H]2O)[C@@H](O)[C@@H](OCc2ccccc2)[C@@H]1O. The average Bonchev–Trinajstić information content (AvgIpc) is 2.74. The van der Waals surface area contributed by atoms with Crippen LogP contribution in [0, 0.1) is 0 Å². The number of aliphatic hydroxyl groups is 6. The fourth-order valence-corrected chi connectivity index (χ4v) is 3.44. The summed E-state index contributed by atoms with van der Waals surface area (Å²) in [6, 6.07) is 9.15. The molecule has 29 heavy (non-hydrogen) atoms. The lowest BCUT2D eigenvalue weighted by Gasteiger charge is -2.44. The number of hydrogen-bond acceptors (Lipinski definition) is 10. The van der Waals surface area contributed by atoms with E-state index in [4.69, 9.17) is 24.1 Å². The minimum Gasteiger partial charge on any atom is -0.394 e. The molecular formula is C19H28O10. The molecule has 2 fully saturated rings. The first-order chi connectivity index (χ1) is 14.0. The third-order valence-electron chi connectivity index (χ3n) is 5.18. The van der Waals surface area contributed by atoms with Gasteiger partial charge >= 0.3 is 0 Å². The number of rotatable bonds is 7. The van der Waals surface area contributed by atoms with Gasteiger partial charge < -0.3 is 49.6 Å². The van der Waals surface area contributed by atoms with Gasteiger partial charge in [0.1, 0.15) is 48.8 Å². The largest absolute Gasteiger partial charge is 0.394 e. The monoisotopic (exact) mass is 416 g/mol. The van der Waals surface area contributed by atoms with Crippen molar-refractivity contribution in [3.63, 3.8) is 0 Å². The summed E-state index contributed by atoms with van der Waals surface area (Å²) in [4.78, 5) is 0. The van der Waals surface area contributed by atoms with Crippen LogP contribution < -0.4 is 0 Å². The normalized spacial score (nSPS) is 40.7. The Morgan fingerprint density at radius 1 is 0.862 bits per heavy atom. The minimum atomic E-state index is -1.43.